The molecule has 1 saturated carbocycles. The Morgan fingerprint density at radius 3 is 2.71 bits per heavy atom. The third kappa shape index (κ3) is 6.46. The molecule has 1 aliphatic carbocycles. The lowest BCUT2D eigenvalue weighted by Crippen LogP contribution is -2.56. The van der Waals surface area contributed by atoms with Gasteiger partial charge in [0.1, 0.15) is 5.82 Å². The van der Waals surface area contributed by atoms with Crippen molar-refractivity contribution in [3.05, 3.63) is 51.1 Å². The maximum absolute atomic E-state index is 13.2. The quantitative estimate of drug-likeness (QED) is 0.385. The first-order valence-electron chi connectivity index (χ1n) is 11.8. The summed E-state index contributed by atoms with van der Waals surface area (Å²) in [5.74, 6) is -1.32. The number of carbonyl (C=O) groups excluding carboxylic acids is 3. The fourth-order valence-corrected chi connectivity index (χ4v) is 5.81. The number of anilines is 1. The molecule has 0 saturated heterocycles. The van der Waals surface area contributed by atoms with Gasteiger partial charge in [0.15, 0.2) is 10.8 Å². The SMILES string of the molecule is CN1CCc2nc(C(=O)N[C@@H]3C[C@@H](c4ncon4)CC[C@@H]3NC(=O)C(=O)Nc3ccc(Cl)cn3)sc2C1.Cl. The molecule has 3 aromatic rings. The van der Waals surface area contributed by atoms with Crippen molar-refractivity contribution in [3.8, 4) is 0 Å². The minimum absolute atomic E-state index is 0. The molecule has 0 unspecified atom stereocenters. The number of fused-ring (bicyclic) bond motifs is 1. The van der Waals surface area contributed by atoms with E-state index in [9.17, 15) is 14.4 Å². The van der Waals surface area contributed by atoms with E-state index in [-0.39, 0.29) is 30.0 Å². The van der Waals surface area contributed by atoms with Gasteiger partial charge in [-0.1, -0.05) is 16.8 Å². The molecule has 38 heavy (non-hydrogen) atoms. The van der Waals surface area contributed by atoms with Crippen LogP contribution >= 0.6 is 35.3 Å². The van der Waals surface area contributed by atoms with E-state index in [0.29, 0.717) is 35.1 Å². The first-order chi connectivity index (χ1) is 17.9. The van der Waals surface area contributed by atoms with Gasteiger partial charge in [-0.05, 0) is 38.4 Å². The molecule has 0 spiro atoms. The van der Waals surface area contributed by atoms with E-state index in [4.69, 9.17) is 16.1 Å². The van der Waals surface area contributed by atoms with Gasteiger partial charge in [0.2, 0.25) is 6.39 Å². The van der Waals surface area contributed by atoms with Gasteiger partial charge in [-0.3, -0.25) is 14.4 Å². The fourth-order valence-electron chi connectivity index (χ4n) is 4.60. The van der Waals surface area contributed by atoms with Gasteiger partial charge < -0.3 is 25.4 Å². The van der Waals surface area contributed by atoms with Crippen molar-refractivity contribution < 1.29 is 18.9 Å². The van der Waals surface area contributed by atoms with Crippen LogP contribution in [0.3, 0.4) is 0 Å². The summed E-state index contributed by atoms with van der Waals surface area (Å²) < 4.78 is 4.90. The van der Waals surface area contributed by atoms with Crippen molar-refractivity contribution in [3.63, 3.8) is 0 Å². The molecule has 3 atom stereocenters. The Morgan fingerprint density at radius 2 is 1.97 bits per heavy atom. The number of hydrogen-bond acceptors (Lipinski definition) is 10. The predicted octanol–water partition coefficient (Wildman–Crippen LogP) is 2.17. The molecular formula is C23H26Cl2N8O4S. The van der Waals surface area contributed by atoms with Crippen LogP contribution in [0, 0.1) is 0 Å². The number of thiazole rings is 1. The summed E-state index contributed by atoms with van der Waals surface area (Å²) >= 11 is 7.20. The third-order valence-corrected chi connectivity index (χ3v) is 7.82. The van der Waals surface area contributed by atoms with Crippen molar-refractivity contribution >= 4 is 58.9 Å². The molecule has 0 radical (unpaired) electrons. The zero-order chi connectivity index (χ0) is 25.9. The fraction of sp³-hybridized carbons (Fsp3) is 0.435. The lowest BCUT2D eigenvalue weighted by Gasteiger charge is -2.35. The van der Waals surface area contributed by atoms with E-state index in [1.54, 1.807) is 6.07 Å². The van der Waals surface area contributed by atoms with Crippen molar-refractivity contribution in [1.29, 1.82) is 0 Å². The molecule has 5 rings (SSSR count). The van der Waals surface area contributed by atoms with Crippen LogP contribution in [0.5, 0.6) is 0 Å². The number of amides is 3. The summed E-state index contributed by atoms with van der Waals surface area (Å²) in [5.41, 5.74) is 0.957. The molecule has 3 N–H and O–H groups in total. The molecule has 4 heterocycles. The minimum atomic E-state index is -0.864. The third-order valence-electron chi connectivity index (χ3n) is 6.52. The zero-order valence-electron chi connectivity index (χ0n) is 20.3. The standard InChI is InChI=1S/C23H25ClN8O4S.ClH/c1-32-7-6-15-17(10-32)37-23(29-15)22(35)28-16-8-12(19-26-11-36-31-19)2-4-14(16)27-20(33)21(34)30-18-5-3-13(24)9-25-18;/h3,5,9,11-12,14,16H,2,4,6-8,10H2,1H3,(H,27,33)(H,28,35)(H,25,30,34);1H/t12-,14-,16+;/m0./s1. The second kappa shape index (κ2) is 12.2. The van der Waals surface area contributed by atoms with Crippen LogP contribution in [-0.4, -0.2) is 68.4 Å². The molecule has 12 nitrogen and oxygen atoms in total. The van der Waals surface area contributed by atoms with Crippen molar-refractivity contribution in [1.82, 2.24) is 35.6 Å². The molecule has 0 bridgehead atoms. The Labute approximate surface area is 233 Å². The van der Waals surface area contributed by atoms with Gasteiger partial charge in [0.05, 0.1) is 16.8 Å². The van der Waals surface area contributed by atoms with E-state index in [1.807, 2.05) is 7.05 Å². The molecule has 202 valence electrons. The topological polar surface area (TPSA) is 155 Å². The highest BCUT2D eigenvalue weighted by atomic mass is 35.5. The Morgan fingerprint density at radius 1 is 1.13 bits per heavy atom. The molecule has 15 heteroatoms. The van der Waals surface area contributed by atoms with Gasteiger partial charge in [0.25, 0.3) is 5.91 Å². The number of aromatic nitrogens is 4. The van der Waals surface area contributed by atoms with Crippen molar-refractivity contribution in [2.45, 2.75) is 50.2 Å². The summed E-state index contributed by atoms with van der Waals surface area (Å²) in [6.07, 6.45) is 5.05. The van der Waals surface area contributed by atoms with Crippen LogP contribution in [0.15, 0.2) is 29.2 Å². The number of nitrogens with zero attached hydrogens (tertiary/aromatic N) is 5. The van der Waals surface area contributed by atoms with Gasteiger partial charge in [0, 0.05) is 42.5 Å². The Bertz CT molecular complexity index is 1290. The van der Waals surface area contributed by atoms with Crippen LogP contribution in [0.2, 0.25) is 5.02 Å². The molecule has 1 aliphatic heterocycles. The summed E-state index contributed by atoms with van der Waals surface area (Å²) in [7, 11) is 2.04. The Balaban J connectivity index is 0.00000336. The second-order valence-electron chi connectivity index (χ2n) is 9.15. The Hall–Kier alpha value is -3.13. The zero-order valence-corrected chi connectivity index (χ0v) is 22.7. The normalized spacial score (nSPS) is 21.1. The maximum Gasteiger partial charge on any atom is 0.314 e. The van der Waals surface area contributed by atoms with E-state index < -0.39 is 23.9 Å². The van der Waals surface area contributed by atoms with E-state index in [0.717, 1.165) is 30.1 Å². The van der Waals surface area contributed by atoms with Crippen LogP contribution in [0.25, 0.3) is 0 Å². The number of nitrogens with one attached hydrogen (secondary N) is 3. The smallest absolute Gasteiger partial charge is 0.314 e. The number of likely N-dealkylation sites (N-methyl/N-ethyl adjacent to an activating group) is 1. The highest BCUT2D eigenvalue weighted by molar-refractivity contribution is 7.13. The van der Waals surface area contributed by atoms with Crippen LogP contribution in [0.4, 0.5) is 5.82 Å². The highest BCUT2D eigenvalue weighted by Gasteiger charge is 2.36. The maximum atomic E-state index is 13.2. The molecule has 3 aromatic heterocycles. The summed E-state index contributed by atoms with van der Waals surface area (Å²) in [6.45, 7) is 1.66. The van der Waals surface area contributed by atoms with Crippen LogP contribution in [-0.2, 0) is 22.6 Å². The largest absolute Gasteiger partial charge is 0.345 e. The molecule has 1 fully saturated rings. The molecular weight excluding hydrogens is 555 g/mol. The molecule has 2 aliphatic rings. The van der Waals surface area contributed by atoms with Crippen LogP contribution < -0.4 is 16.0 Å². The first kappa shape index (κ1) is 27.9. The number of pyridine rings is 1. The van der Waals surface area contributed by atoms with E-state index in [2.05, 4.69) is 41.0 Å². The monoisotopic (exact) mass is 580 g/mol. The lowest BCUT2D eigenvalue weighted by molar-refractivity contribution is -0.136. The number of halogens is 2. The Kier molecular flexibility index (Phi) is 8.92. The number of carbonyl (C=O) groups is 3. The first-order valence-corrected chi connectivity index (χ1v) is 13.0. The van der Waals surface area contributed by atoms with Crippen molar-refractivity contribution in [2.24, 2.45) is 0 Å². The molecule has 3 amide bonds. The highest BCUT2D eigenvalue weighted by Crippen LogP contribution is 2.32. The predicted molar refractivity (Wildman–Crippen MR) is 141 cm³/mol. The van der Waals surface area contributed by atoms with Crippen LogP contribution in [0.1, 0.15) is 51.4 Å². The number of hydrogen-bond donors (Lipinski definition) is 3. The van der Waals surface area contributed by atoms with Gasteiger partial charge in [-0.2, -0.15) is 4.98 Å². The van der Waals surface area contributed by atoms with Gasteiger partial charge in [-0.15, -0.1) is 23.7 Å². The average Bonchev–Trinajstić information content (AvgIpc) is 3.56. The second-order valence-corrected chi connectivity index (χ2v) is 10.7. The number of rotatable bonds is 5. The van der Waals surface area contributed by atoms with Crippen molar-refractivity contribution in [2.75, 3.05) is 18.9 Å². The van der Waals surface area contributed by atoms with Gasteiger partial charge in [-0.25, -0.2) is 9.97 Å². The summed E-state index contributed by atoms with van der Waals surface area (Å²) in [6, 6.07) is 2.10. The lowest BCUT2D eigenvalue weighted by atomic mass is 9.81. The van der Waals surface area contributed by atoms with Gasteiger partial charge >= 0.3 is 11.8 Å². The molecule has 0 aromatic carbocycles. The van der Waals surface area contributed by atoms with E-state index >= 15 is 0 Å². The average molecular weight is 581 g/mol. The summed E-state index contributed by atoms with van der Waals surface area (Å²) in [4.78, 5) is 54.4. The summed E-state index contributed by atoms with van der Waals surface area (Å²) in [5, 5.41) is 13.0. The minimum Gasteiger partial charge on any atom is -0.345 e. The van der Waals surface area contributed by atoms with E-state index in [1.165, 1.54) is 30.0 Å².